The van der Waals surface area contributed by atoms with E-state index in [0.717, 1.165) is 11.4 Å². The Kier molecular flexibility index (Phi) is 6.11. The number of rotatable bonds is 5. The molecule has 8 aromatic carbocycles. The van der Waals surface area contributed by atoms with E-state index in [1.807, 2.05) is 0 Å². The number of fused-ring (bicyclic) bond motifs is 6. The lowest BCUT2D eigenvalue weighted by molar-refractivity contribution is 1.25. The lowest BCUT2D eigenvalue weighted by atomic mass is 9.77. The predicted molar refractivity (Wildman–Crippen MR) is 196 cm³/mol. The second kappa shape index (κ2) is 10.6. The fourth-order valence-corrected chi connectivity index (χ4v) is 7.03. The van der Waals surface area contributed by atoms with Gasteiger partial charge in [-0.05, 0) is 139 Å². The third kappa shape index (κ3) is 4.40. The van der Waals surface area contributed by atoms with Crippen LogP contribution in [0.2, 0.25) is 0 Å². The molecular weight excluding hydrogens is 555 g/mol. The molecule has 0 fully saturated rings. The van der Waals surface area contributed by atoms with Crippen LogP contribution in [-0.2, 0) is 0 Å². The first kappa shape index (κ1) is 26.5. The molecule has 0 heterocycles. The van der Waals surface area contributed by atoms with Gasteiger partial charge in [0.2, 0.25) is 0 Å². The second-order valence-corrected chi connectivity index (χ2v) is 12.3. The Morgan fingerprint density at radius 1 is 0.326 bits per heavy atom. The Hall–Kier alpha value is -5.92. The Morgan fingerprint density at radius 2 is 0.804 bits per heavy atom. The lowest BCUT2D eigenvalue weighted by Gasteiger charge is -2.29. The molecule has 9 rings (SSSR count). The topological polar surface area (TPSA) is 3.24 Å². The van der Waals surface area contributed by atoms with E-state index >= 15 is 0 Å². The van der Waals surface area contributed by atoms with Gasteiger partial charge in [-0.2, -0.15) is 0 Å². The fourth-order valence-electron chi connectivity index (χ4n) is 7.03. The van der Waals surface area contributed by atoms with E-state index in [1.54, 1.807) is 0 Å². The standard InChI is InChI=1S/C45H31N/c1-30-17-18-36(32-13-7-3-8-14-32)29-45(30)46(39-15-9-4-10-16-39)40-22-21-35-26-42-41-25-34-20-19-33(31-11-5-2-6-12-31)23-37(34)27-43(41)44(42)28-38(35)24-40/h2-29H,1H3. The third-order valence-electron chi connectivity index (χ3n) is 9.45. The predicted octanol–water partition coefficient (Wildman–Crippen LogP) is 12.8. The first-order valence-corrected chi connectivity index (χ1v) is 15.9. The Balaban J connectivity index is 1.15. The number of hydrogen-bond acceptors (Lipinski definition) is 1. The molecule has 0 unspecified atom stereocenters. The third-order valence-corrected chi connectivity index (χ3v) is 9.45. The van der Waals surface area contributed by atoms with Crippen LogP contribution in [0.15, 0.2) is 170 Å². The SMILES string of the molecule is Cc1ccc(-c2ccccc2)cc1N(c1ccccc1)c1ccc2cc3c(cc2c1)-c1cc2cc(-c4ccccc4)ccc2cc1-3. The van der Waals surface area contributed by atoms with Crippen molar-refractivity contribution in [1.82, 2.24) is 0 Å². The minimum absolute atomic E-state index is 1.14. The van der Waals surface area contributed by atoms with E-state index in [1.165, 1.54) is 77.3 Å². The van der Waals surface area contributed by atoms with Crippen LogP contribution >= 0.6 is 0 Å². The highest BCUT2D eigenvalue weighted by atomic mass is 15.1. The minimum Gasteiger partial charge on any atom is -0.310 e. The highest BCUT2D eigenvalue weighted by Crippen LogP contribution is 2.51. The average Bonchev–Trinajstić information content (AvgIpc) is 3.12. The number of para-hydroxylation sites is 1. The van der Waals surface area contributed by atoms with Gasteiger partial charge in [0.1, 0.15) is 0 Å². The van der Waals surface area contributed by atoms with E-state index in [-0.39, 0.29) is 0 Å². The Labute approximate surface area is 269 Å². The Morgan fingerprint density at radius 3 is 1.41 bits per heavy atom. The minimum atomic E-state index is 1.14. The molecule has 0 radical (unpaired) electrons. The van der Waals surface area contributed by atoms with Gasteiger partial charge in [0.25, 0.3) is 0 Å². The van der Waals surface area contributed by atoms with Gasteiger partial charge in [0.05, 0.1) is 0 Å². The van der Waals surface area contributed by atoms with Crippen molar-refractivity contribution in [1.29, 1.82) is 0 Å². The number of nitrogens with zero attached hydrogens (tertiary/aromatic N) is 1. The molecule has 1 aliphatic carbocycles. The monoisotopic (exact) mass is 585 g/mol. The van der Waals surface area contributed by atoms with Crippen molar-refractivity contribution in [3.05, 3.63) is 175 Å². The van der Waals surface area contributed by atoms with Crippen LogP contribution in [0.4, 0.5) is 17.1 Å². The zero-order chi connectivity index (χ0) is 30.6. The highest BCUT2D eigenvalue weighted by Gasteiger charge is 2.24. The van der Waals surface area contributed by atoms with E-state index in [2.05, 4.69) is 182 Å². The van der Waals surface area contributed by atoms with Crippen molar-refractivity contribution < 1.29 is 0 Å². The number of anilines is 3. The molecule has 0 atom stereocenters. The molecule has 0 N–H and O–H groups in total. The van der Waals surface area contributed by atoms with E-state index < -0.39 is 0 Å². The maximum absolute atomic E-state index is 2.40. The van der Waals surface area contributed by atoms with Crippen molar-refractivity contribution in [3.8, 4) is 44.5 Å². The molecule has 0 aliphatic heterocycles. The molecule has 1 nitrogen and oxygen atoms in total. The lowest BCUT2D eigenvalue weighted by Crippen LogP contribution is -2.11. The van der Waals surface area contributed by atoms with Gasteiger partial charge in [0, 0.05) is 17.1 Å². The molecule has 0 saturated carbocycles. The molecule has 216 valence electrons. The maximum Gasteiger partial charge on any atom is 0.0496 e. The summed E-state index contributed by atoms with van der Waals surface area (Å²) >= 11 is 0. The summed E-state index contributed by atoms with van der Waals surface area (Å²) in [5.74, 6) is 0. The molecule has 0 amide bonds. The first-order chi connectivity index (χ1) is 22.7. The van der Waals surface area contributed by atoms with Crippen LogP contribution in [0.5, 0.6) is 0 Å². The molecule has 0 spiro atoms. The van der Waals surface area contributed by atoms with Crippen molar-refractivity contribution in [3.63, 3.8) is 0 Å². The normalized spacial score (nSPS) is 11.6. The fraction of sp³-hybridized carbons (Fsp3) is 0.0222. The zero-order valence-electron chi connectivity index (χ0n) is 25.6. The number of benzene rings is 8. The molecule has 0 bridgehead atoms. The summed E-state index contributed by atoms with van der Waals surface area (Å²) < 4.78 is 0. The van der Waals surface area contributed by atoms with Crippen LogP contribution in [0, 0.1) is 6.92 Å². The van der Waals surface area contributed by atoms with Crippen molar-refractivity contribution in [2.75, 3.05) is 4.90 Å². The summed E-state index contributed by atoms with van der Waals surface area (Å²) in [6, 6.07) is 62.0. The maximum atomic E-state index is 2.40. The van der Waals surface area contributed by atoms with Crippen LogP contribution in [-0.4, -0.2) is 0 Å². The summed E-state index contributed by atoms with van der Waals surface area (Å²) in [6.07, 6.45) is 0. The molecule has 0 aromatic heterocycles. The summed E-state index contributed by atoms with van der Waals surface area (Å²) in [7, 11) is 0. The molecule has 8 aromatic rings. The van der Waals surface area contributed by atoms with Crippen LogP contribution < -0.4 is 4.90 Å². The molecule has 1 aliphatic rings. The molecule has 46 heavy (non-hydrogen) atoms. The smallest absolute Gasteiger partial charge is 0.0496 e. The molecular formula is C45H31N. The summed E-state index contributed by atoms with van der Waals surface area (Å²) in [4.78, 5) is 2.40. The van der Waals surface area contributed by atoms with Gasteiger partial charge in [0.15, 0.2) is 0 Å². The quantitative estimate of drug-likeness (QED) is 0.194. The van der Waals surface area contributed by atoms with Crippen LogP contribution in [0.1, 0.15) is 5.56 Å². The van der Waals surface area contributed by atoms with Gasteiger partial charge in [-0.3, -0.25) is 0 Å². The summed E-state index contributed by atoms with van der Waals surface area (Å²) in [5, 5.41) is 5.07. The zero-order valence-corrected chi connectivity index (χ0v) is 25.6. The summed E-state index contributed by atoms with van der Waals surface area (Å²) in [6.45, 7) is 2.20. The molecule has 0 saturated heterocycles. The van der Waals surface area contributed by atoms with E-state index in [0.29, 0.717) is 0 Å². The number of hydrogen-bond donors (Lipinski definition) is 0. The largest absolute Gasteiger partial charge is 0.310 e. The van der Waals surface area contributed by atoms with Crippen molar-refractivity contribution >= 4 is 38.6 Å². The van der Waals surface area contributed by atoms with Gasteiger partial charge >= 0.3 is 0 Å². The summed E-state index contributed by atoms with van der Waals surface area (Å²) in [5.41, 5.74) is 15.0. The first-order valence-electron chi connectivity index (χ1n) is 15.9. The second-order valence-electron chi connectivity index (χ2n) is 12.3. The van der Waals surface area contributed by atoms with Gasteiger partial charge in [-0.15, -0.1) is 0 Å². The molecule has 1 heteroatoms. The van der Waals surface area contributed by atoms with E-state index in [4.69, 9.17) is 0 Å². The average molecular weight is 586 g/mol. The van der Waals surface area contributed by atoms with Crippen LogP contribution in [0.3, 0.4) is 0 Å². The number of aryl methyl sites for hydroxylation is 1. The van der Waals surface area contributed by atoms with Crippen molar-refractivity contribution in [2.24, 2.45) is 0 Å². The van der Waals surface area contributed by atoms with E-state index in [9.17, 15) is 0 Å². The Bertz CT molecular complexity index is 2410. The van der Waals surface area contributed by atoms with Gasteiger partial charge < -0.3 is 4.90 Å². The van der Waals surface area contributed by atoms with Crippen LogP contribution in [0.25, 0.3) is 66.1 Å². The van der Waals surface area contributed by atoms with Crippen molar-refractivity contribution in [2.45, 2.75) is 6.92 Å². The highest BCUT2D eigenvalue weighted by molar-refractivity contribution is 6.12. The van der Waals surface area contributed by atoms with Gasteiger partial charge in [-0.25, -0.2) is 0 Å². The van der Waals surface area contributed by atoms with Gasteiger partial charge in [-0.1, -0.05) is 109 Å².